The standard InChI is InChI=1S/C26H34F3N5O3/c1-2-3-10-32-11-13-33(14-12-32)21-16-23(18-30-17-21)37-22-7-4-19(5-8-22)31-20-6-9-25(34(35)36)24(15-20)26(27,28)29/h6,9,15-19,22,31H,2-5,7-8,10-14H2,1H3/t19-,22-. The molecule has 1 aliphatic carbocycles. The van der Waals surface area contributed by atoms with Gasteiger partial charge in [0.25, 0.3) is 5.69 Å². The van der Waals surface area contributed by atoms with Crippen molar-refractivity contribution in [2.75, 3.05) is 42.9 Å². The summed E-state index contributed by atoms with van der Waals surface area (Å²) in [6.45, 7) is 7.37. The Morgan fingerprint density at radius 1 is 1.11 bits per heavy atom. The quantitative estimate of drug-likeness (QED) is 0.333. The van der Waals surface area contributed by atoms with E-state index in [2.05, 4.69) is 27.0 Å². The zero-order chi connectivity index (χ0) is 26.4. The highest BCUT2D eigenvalue weighted by Crippen LogP contribution is 2.38. The molecule has 8 nitrogen and oxygen atoms in total. The summed E-state index contributed by atoms with van der Waals surface area (Å²) in [7, 11) is 0. The van der Waals surface area contributed by atoms with Gasteiger partial charge >= 0.3 is 6.18 Å². The Hall–Kier alpha value is -3.08. The highest BCUT2D eigenvalue weighted by molar-refractivity contribution is 5.55. The monoisotopic (exact) mass is 521 g/mol. The molecule has 1 N–H and O–H groups in total. The maximum atomic E-state index is 13.3. The van der Waals surface area contributed by atoms with Gasteiger partial charge < -0.3 is 15.0 Å². The molecule has 11 heteroatoms. The molecule has 0 radical (unpaired) electrons. The first-order valence-corrected chi connectivity index (χ1v) is 12.9. The fraction of sp³-hybridized carbons (Fsp3) is 0.577. The van der Waals surface area contributed by atoms with Gasteiger partial charge in [-0.15, -0.1) is 0 Å². The number of unbranched alkanes of at least 4 members (excludes halogenated alkanes) is 1. The third kappa shape index (κ3) is 7.24. The number of rotatable bonds is 9. The molecule has 0 bridgehead atoms. The van der Waals surface area contributed by atoms with Crippen molar-refractivity contribution in [1.82, 2.24) is 9.88 Å². The van der Waals surface area contributed by atoms with E-state index in [-0.39, 0.29) is 17.8 Å². The highest BCUT2D eigenvalue weighted by Gasteiger charge is 2.38. The molecule has 0 spiro atoms. The first kappa shape index (κ1) is 27.0. The molecule has 1 aliphatic heterocycles. The Kier molecular flexibility index (Phi) is 8.73. The number of alkyl halides is 3. The molecule has 0 unspecified atom stereocenters. The zero-order valence-corrected chi connectivity index (χ0v) is 21.0. The van der Waals surface area contributed by atoms with Crippen molar-refractivity contribution in [3.63, 3.8) is 0 Å². The number of ether oxygens (including phenoxy) is 1. The lowest BCUT2D eigenvalue weighted by atomic mass is 9.92. The number of nitro groups is 1. The molecule has 0 amide bonds. The van der Waals surface area contributed by atoms with E-state index >= 15 is 0 Å². The molecule has 2 aliphatic rings. The summed E-state index contributed by atoms with van der Waals surface area (Å²) in [4.78, 5) is 19.2. The number of piperazine rings is 1. The van der Waals surface area contributed by atoms with E-state index in [0.717, 1.165) is 82.0 Å². The predicted molar refractivity (Wildman–Crippen MR) is 136 cm³/mol. The number of halogens is 3. The van der Waals surface area contributed by atoms with Crippen molar-refractivity contribution in [3.05, 3.63) is 52.3 Å². The second-order valence-corrected chi connectivity index (χ2v) is 9.78. The molecular weight excluding hydrogens is 487 g/mol. The Balaban J connectivity index is 1.28. The number of nitrogens with zero attached hydrogens (tertiary/aromatic N) is 4. The smallest absolute Gasteiger partial charge is 0.423 e. The summed E-state index contributed by atoms with van der Waals surface area (Å²) in [5.74, 6) is 0.729. The predicted octanol–water partition coefficient (Wildman–Crippen LogP) is 5.73. The highest BCUT2D eigenvalue weighted by atomic mass is 19.4. The molecular formula is C26H34F3N5O3. The molecule has 0 atom stereocenters. The van der Waals surface area contributed by atoms with Gasteiger partial charge in [0, 0.05) is 50.0 Å². The molecule has 2 heterocycles. The van der Waals surface area contributed by atoms with Gasteiger partial charge in [-0.25, -0.2) is 0 Å². The first-order valence-electron chi connectivity index (χ1n) is 12.9. The summed E-state index contributed by atoms with van der Waals surface area (Å²) < 4.78 is 46.0. The first-order chi connectivity index (χ1) is 17.7. The molecule has 202 valence electrons. The number of hydrogen-bond donors (Lipinski definition) is 1. The Labute approximate surface area is 215 Å². The number of hydrogen-bond acceptors (Lipinski definition) is 7. The SMILES string of the molecule is CCCCN1CCN(c2cncc(O[C@H]3CC[C@H](Nc4ccc([N+](=O)[O-])c(C(F)(F)F)c4)CC3)c2)CC1. The lowest BCUT2D eigenvalue weighted by Crippen LogP contribution is -2.46. The van der Waals surface area contributed by atoms with Crippen molar-refractivity contribution >= 4 is 17.1 Å². The van der Waals surface area contributed by atoms with Crippen LogP contribution in [0.5, 0.6) is 5.75 Å². The van der Waals surface area contributed by atoms with Gasteiger partial charge in [-0.2, -0.15) is 13.2 Å². The fourth-order valence-electron chi connectivity index (χ4n) is 5.02. The van der Waals surface area contributed by atoms with Crippen LogP contribution in [-0.2, 0) is 6.18 Å². The lowest BCUT2D eigenvalue weighted by molar-refractivity contribution is -0.388. The summed E-state index contributed by atoms with van der Waals surface area (Å²) in [5.41, 5.74) is -0.894. The normalized spacial score (nSPS) is 21.0. The molecule has 4 rings (SSSR count). The number of aromatic nitrogens is 1. The van der Waals surface area contributed by atoms with Gasteiger partial charge in [0.1, 0.15) is 11.3 Å². The maximum absolute atomic E-state index is 13.3. The summed E-state index contributed by atoms with van der Waals surface area (Å²) in [6.07, 6.45) is 4.17. The van der Waals surface area contributed by atoms with Crippen molar-refractivity contribution in [2.45, 2.75) is 63.8 Å². The minimum atomic E-state index is -4.79. The maximum Gasteiger partial charge on any atom is 0.423 e. The average Bonchev–Trinajstić information content (AvgIpc) is 2.88. The van der Waals surface area contributed by atoms with Crippen molar-refractivity contribution < 1.29 is 22.8 Å². The van der Waals surface area contributed by atoms with Gasteiger partial charge in [-0.05, 0) is 50.8 Å². The van der Waals surface area contributed by atoms with Crippen molar-refractivity contribution in [1.29, 1.82) is 0 Å². The van der Waals surface area contributed by atoms with Crippen LogP contribution in [0, 0.1) is 10.1 Å². The van der Waals surface area contributed by atoms with Gasteiger partial charge in [-0.1, -0.05) is 13.3 Å². The van der Waals surface area contributed by atoms with Crippen LogP contribution in [-0.4, -0.2) is 59.7 Å². The minimum Gasteiger partial charge on any atom is -0.489 e. The van der Waals surface area contributed by atoms with Gasteiger partial charge in [-0.3, -0.25) is 20.0 Å². The van der Waals surface area contributed by atoms with E-state index in [4.69, 9.17) is 4.74 Å². The van der Waals surface area contributed by atoms with Crippen molar-refractivity contribution in [3.8, 4) is 5.75 Å². The Morgan fingerprint density at radius 2 is 1.84 bits per heavy atom. The van der Waals surface area contributed by atoms with Gasteiger partial charge in [0.15, 0.2) is 0 Å². The number of nitro benzene ring substituents is 1. The minimum absolute atomic E-state index is 0.00332. The van der Waals surface area contributed by atoms with E-state index in [9.17, 15) is 23.3 Å². The van der Waals surface area contributed by atoms with Crippen LogP contribution in [0.1, 0.15) is 51.0 Å². The summed E-state index contributed by atoms with van der Waals surface area (Å²) >= 11 is 0. The van der Waals surface area contributed by atoms with Crippen LogP contribution in [0.3, 0.4) is 0 Å². The Bertz CT molecular complexity index is 1050. The van der Waals surface area contributed by atoms with E-state index in [1.807, 2.05) is 12.3 Å². The topological polar surface area (TPSA) is 83.8 Å². The van der Waals surface area contributed by atoms with Crippen LogP contribution in [0.4, 0.5) is 30.2 Å². The molecule has 2 aromatic rings. The van der Waals surface area contributed by atoms with Gasteiger partial charge in [0.2, 0.25) is 0 Å². The lowest BCUT2D eigenvalue weighted by Gasteiger charge is -2.36. The molecule has 2 fully saturated rings. The third-order valence-electron chi connectivity index (χ3n) is 7.11. The van der Waals surface area contributed by atoms with E-state index < -0.39 is 22.4 Å². The summed E-state index contributed by atoms with van der Waals surface area (Å²) in [6, 6.07) is 5.06. The van der Waals surface area contributed by atoms with Gasteiger partial charge in [0.05, 0.1) is 29.1 Å². The van der Waals surface area contributed by atoms with Crippen LogP contribution in [0.15, 0.2) is 36.7 Å². The average molecular weight is 522 g/mol. The van der Waals surface area contributed by atoms with Crippen LogP contribution >= 0.6 is 0 Å². The van der Waals surface area contributed by atoms with Crippen LogP contribution in [0.2, 0.25) is 0 Å². The number of pyridine rings is 1. The Morgan fingerprint density at radius 3 is 2.49 bits per heavy atom. The molecule has 1 saturated carbocycles. The zero-order valence-electron chi connectivity index (χ0n) is 21.0. The van der Waals surface area contributed by atoms with Crippen LogP contribution < -0.4 is 15.0 Å². The number of benzene rings is 1. The van der Waals surface area contributed by atoms with Crippen LogP contribution in [0.25, 0.3) is 0 Å². The summed E-state index contributed by atoms with van der Waals surface area (Å²) in [5, 5.41) is 14.1. The van der Waals surface area contributed by atoms with Crippen molar-refractivity contribution in [2.24, 2.45) is 0 Å². The molecule has 1 aromatic carbocycles. The largest absolute Gasteiger partial charge is 0.489 e. The molecule has 37 heavy (non-hydrogen) atoms. The third-order valence-corrected chi connectivity index (χ3v) is 7.11. The second-order valence-electron chi connectivity index (χ2n) is 9.78. The van der Waals surface area contributed by atoms with E-state index in [0.29, 0.717) is 0 Å². The second kappa shape index (κ2) is 12.0. The van der Waals surface area contributed by atoms with E-state index in [1.165, 1.54) is 18.9 Å². The molecule has 1 aromatic heterocycles. The number of anilines is 2. The molecule has 1 saturated heterocycles. The van der Waals surface area contributed by atoms with E-state index in [1.54, 1.807) is 6.20 Å². The number of nitrogens with one attached hydrogen (secondary N) is 1. The fourth-order valence-corrected chi connectivity index (χ4v) is 5.02.